The molecular formula is C13H20ClN3O3. The number of carboxylic acid groups (broad SMARTS) is 1. The van der Waals surface area contributed by atoms with E-state index in [2.05, 4.69) is 10.4 Å². The smallest absolute Gasteiger partial charge is 0.308 e. The number of hydrogen-bond acceptors (Lipinski definition) is 3. The molecule has 1 heterocycles. The van der Waals surface area contributed by atoms with Crippen LogP contribution in [0.2, 0.25) is 5.02 Å². The van der Waals surface area contributed by atoms with E-state index in [1.54, 1.807) is 14.0 Å². The zero-order valence-corrected chi connectivity index (χ0v) is 12.9. The summed E-state index contributed by atoms with van der Waals surface area (Å²) in [5.74, 6) is -1.73. The van der Waals surface area contributed by atoms with E-state index >= 15 is 0 Å². The fraction of sp³-hybridized carbons (Fsp3) is 0.615. The number of amides is 1. The first-order valence-corrected chi connectivity index (χ1v) is 6.81. The van der Waals surface area contributed by atoms with Crippen molar-refractivity contribution in [2.45, 2.75) is 27.2 Å². The van der Waals surface area contributed by atoms with Crippen LogP contribution in [0.1, 0.15) is 36.5 Å². The molecule has 0 aliphatic rings. The molecule has 0 aliphatic heterocycles. The molecule has 0 bridgehead atoms. The van der Waals surface area contributed by atoms with Gasteiger partial charge in [0.2, 0.25) is 0 Å². The van der Waals surface area contributed by atoms with Crippen LogP contribution in [-0.2, 0) is 11.8 Å². The molecule has 0 radical (unpaired) electrons. The van der Waals surface area contributed by atoms with Gasteiger partial charge in [0.25, 0.3) is 5.91 Å². The van der Waals surface area contributed by atoms with E-state index in [0.29, 0.717) is 17.1 Å². The monoisotopic (exact) mass is 301 g/mol. The highest BCUT2D eigenvalue weighted by atomic mass is 35.5. The average molecular weight is 302 g/mol. The van der Waals surface area contributed by atoms with Crippen LogP contribution in [0.5, 0.6) is 0 Å². The normalized spacial score (nSPS) is 12.5. The second kappa shape index (κ2) is 6.74. The summed E-state index contributed by atoms with van der Waals surface area (Å²) >= 11 is 6.01. The predicted octanol–water partition coefficient (Wildman–Crippen LogP) is 1.86. The van der Waals surface area contributed by atoms with Crippen LogP contribution in [0.15, 0.2) is 0 Å². The summed E-state index contributed by atoms with van der Waals surface area (Å²) in [6.45, 7) is 5.71. The number of nitrogens with one attached hydrogen (secondary N) is 1. The van der Waals surface area contributed by atoms with Crippen molar-refractivity contribution in [3.05, 3.63) is 16.4 Å². The van der Waals surface area contributed by atoms with Gasteiger partial charge in [0.05, 0.1) is 16.6 Å². The van der Waals surface area contributed by atoms with Crippen molar-refractivity contribution in [3.63, 3.8) is 0 Å². The Labute approximate surface area is 123 Å². The SMILES string of the molecule is Cc1c(Cl)c(C(=O)NCC(CC(C)C)C(=O)O)nn1C. The zero-order chi connectivity index (χ0) is 15.4. The van der Waals surface area contributed by atoms with Gasteiger partial charge in [0, 0.05) is 13.6 Å². The van der Waals surface area contributed by atoms with Crippen molar-refractivity contribution < 1.29 is 14.7 Å². The number of aromatic nitrogens is 2. The van der Waals surface area contributed by atoms with Gasteiger partial charge in [0.1, 0.15) is 0 Å². The number of aliphatic carboxylic acids is 1. The first-order valence-electron chi connectivity index (χ1n) is 6.44. The predicted molar refractivity (Wildman–Crippen MR) is 75.9 cm³/mol. The van der Waals surface area contributed by atoms with Crippen LogP contribution < -0.4 is 5.32 Å². The van der Waals surface area contributed by atoms with Crippen LogP contribution in [0.4, 0.5) is 0 Å². The Hall–Kier alpha value is -1.56. The van der Waals surface area contributed by atoms with Gasteiger partial charge in [-0.05, 0) is 19.3 Å². The van der Waals surface area contributed by atoms with Crippen LogP contribution in [0.25, 0.3) is 0 Å². The lowest BCUT2D eigenvalue weighted by Gasteiger charge is -2.14. The molecule has 2 N–H and O–H groups in total. The van der Waals surface area contributed by atoms with Gasteiger partial charge in [-0.1, -0.05) is 25.4 Å². The molecule has 0 saturated heterocycles. The van der Waals surface area contributed by atoms with E-state index in [-0.39, 0.29) is 18.2 Å². The van der Waals surface area contributed by atoms with Gasteiger partial charge >= 0.3 is 5.97 Å². The average Bonchev–Trinajstić information content (AvgIpc) is 2.61. The summed E-state index contributed by atoms with van der Waals surface area (Å²) < 4.78 is 1.51. The standard InChI is InChI=1S/C13H20ClN3O3/c1-7(2)5-9(13(19)20)6-15-12(18)11-10(14)8(3)17(4)16-11/h7,9H,5-6H2,1-4H3,(H,15,18)(H,19,20). The summed E-state index contributed by atoms with van der Waals surface area (Å²) in [4.78, 5) is 23.1. The van der Waals surface area contributed by atoms with Crippen molar-refractivity contribution in [2.75, 3.05) is 6.54 Å². The summed E-state index contributed by atoms with van der Waals surface area (Å²) in [5.41, 5.74) is 0.814. The molecule has 20 heavy (non-hydrogen) atoms. The highest BCUT2D eigenvalue weighted by Gasteiger charge is 2.22. The van der Waals surface area contributed by atoms with Gasteiger partial charge in [-0.15, -0.1) is 0 Å². The summed E-state index contributed by atoms with van der Waals surface area (Å²) in [7, 11) is 1.69. The Balaban J connectivity index is 2.70. The molecule has 7 heteroatoms. The van der Waals surface area contributed by atoms with E-state index in [1.165, 1.54) is 4.68 Å². The minimum Gasteiger partial charge on any atom is -0.481 e. The lowest BCUT2D eigenvalue weighted by molar-refractivity contribution is -0.142. The van der Waals surface area contributed by atoms with Gasteiger partial charge in [-0.2, -0.15) is 5.10 Å². The highest BCUT2D eigenvalue weighted by Crippen LogP contribution is 2.19. The summed E-state index contributed by atoms with van der Waals surface area (Å²) in [6, 6.07) is 0. The van der Waals surface area contributed by atoms with Gasteiger partial charge < -0.3 is 10.4 Å². The molecule has 1 rings (SSSR count). The largest absolute Gasteiger partial charge is 0.481 e. The van der Waals surface area contributed by atoms with Gasteiger partial charge in [-0.3, -0.25) is 14.3 Å². The number of carboxylic acids is 1. The van der Waals surface area contributed by atoms with Crippen molar-refractivity contribution in [1.29, 1.82) is 0 Å². The molecular weight excluding hydrogens is 282 g/mol. The lowest BCUT2D eigenvalue weighted by Crippen LogP contribution is -2.34. The zero-order valence-electron chi connectivity index (χ0n) is 12.1. The molecule has 1 aromatic rings. The summed E-state index contributed by atoms with van der Waals surface area (Å²) in [6.07, 6.45) is 0.505. The van der Waals surface area contributed by atoms with Gasteiger partial charge in [0.15, 0.2) is 5.69 Å². The molecule has 1 aromatic heterocycles. The molecule has 0 spiro atoms. The van der Waals surface area contributed by atoms with E-state index in [4.69, 9.17) is 16.7 Å². The van der Waals surface area contributed by atoms with E-state index in [9.17, 15) is 9.59 Å². The number of halogens is 1. The van der Waals surface area contributed by atoms with Crippen molar-refractivity contribution >= 4 is 23.5 Å². The quantitative estimate of drug-likeness (QED) is 0.840. The molecule has 1 atom stereocenters. The maximum absolute atomic E-state index is 12.0. The Morgan fingerprint density at radius 3 is 2.45 bits per heavy atom. The highest BCUT2D eigenvalue weighted by molar-refractivity contribution is 6.34. The van der Waals surface area contributed by atoms with E-state index in [1.807, 2.05) is 13.8 Å². The maximum Gasteiger partial charge on any atom is 0.308 e. The first-order chi connectivity index (χ1) is 9.23. The van der Waals surface area contributed by atoms with E-state index < -0.39 is 17.8 Å². The fourth-order valence-electron chi connectivity index (χ4n) is 1.87. The van der Waals surface area contributed by atoms with Crippen LogP contribution in [0, 0.1) is 18.8 Å². The van der Waals surface area contributed by atoms with Crippen LogP contribution in [-0.4, -0.2) is 33.3 Å². The molecule has 0 fully saturated rings. The number of carbonyl (C=O) groups excluding carboxylic acids is 1. The van der Waals surface area contributed by atoms with Crippen molar-refractivity contribution in [3.8, 4) is 0 Å². The van der Waals surface area contributed by atoms with Crippen LogP contribution in [0.3, 0.4) is 0 Å². The minimum atomic E-state index is -0.915. The molecule has 6 nitrogen and oxygen atoms in total. The third kappa shape index (κ3) is 3.96. The van der Waals surface area contributed by atoms with Crippen molar-refractivity contribution in [1.82, 2.24) is 15.1 Å². The van der Waals surface area contributed by atoms with Crippen molar-refractivity contribution in [2.24, 2.45) is 18.9 Å². The molecule has 0 aromatic carbocycles. The fourth-order valence-corrected chi connectivity index (χ4v) is 2.11. The number of aryl methyl sites for hydroxylation is 1. The van der Waals surface area contributed by atoms with Gasteiger partial charge in [-0.25, -0.2) is 0 Å². The third-order valence-corrected chi connectivity index (χ3v) is 3.54. The second-order valence-corrected chi connectivity index (χ2v) is 5.62. The number of carbonyl (C=O) groups is 2. The summed E-state index contributed by atoms with van der Waals surface area (Å²) in [5, 5.41) is 16.0. The molecule has 112 valence electrons. The Kier molecular flexibility index (Phi) is 5.56. The Bertz CT molecular complexity index is 511. The Morgan fingerprint density at radius 1 is 1.45 bits per heavy atom. The first kappa shape index (κ1) is 16.5. The van der Waals surface area contributed by atoms with Crippen LogP contribution >= 0.6 is 11.6 Å². The molecule has 1 amide bonds. The molecule has 0 aliphatic carbocycles. The van der Waals surface area contributed by atoms with E-state index in [0.717, 1.165) is 0 Å². The number of nitrogens with zero attached hydrogens (tertiary/aromatic N) is 2. The lowest BCUT2D eigenvalue weighted by atomic mass is 9.97. The number of hydrogen-bond donors (Lipinski definition) is 2. The number of rotatable bonds is 6. The third-order valence-electron chi connectivity index (χ3n) is 3.09. The molecule has 1 unspecified atom stereocenters. The minimum absolute atomic E-state index is 0.0678. The second-order valence-electron chi connectivity index (χ2n) is 5.25. The topological polar surface area (TPSA) is 84.2 Å². The molecule has 0 saturated carbocycles. The Morgan fingerprint density at radius 2 is 2.05 bits per heavy atom. The maximum atomic E-state index is 12.0.